The van der Waals surface area contributed by atoms with Gasteiger partial charge < -0.3 is 29.4 Å². The molecular weight excluding hydrogens is 398 g/mol. The number of likely N-dealkylation sites (tertiary alicyclic amines) is 1. The van der Waals surface area contributed by atoms with Gasteiger partial charge in [-0.1, -0.05) is 27.2 Å². The molecule has 8 heteroatoms. The molecule has 0 aromatic heterocycles. The van der Waals surface area contributed by atoms with Gasteiger partial charge in [-0.05, 0) is 31.7 Å². The van der Waals surface area contributed by atoms with Crippen molar-refractivity contribution in [2.75, 3.05) is 34.9 Å². The maximum atomic E-state index is 13.5. The number of methoxy groups -OCH3 is 2. The van der Waals surface area contributed by atoms with Crippen LogP contribution < -0.4 is 5.32 Å². The molecule has 2 rings (SSSR count). The zero-order valence-electron chi connectivity index (χ0n) is 20.2. The van der Waals surface area contributed by atoms with E-state index in [1.165, 1.54) is 0 Å². The molecule has 0 spiro atoms. The number of fused-ring (bicyclic) bond motifs is 1. The zero-order chi connectivity index (χ0) is 23.3. The summed E-state index contributed by atoms with van der Waals surface area (Å²) >= 11 is 0. The molecule has 8 nitrogen and oxygen atoms in total. The van der Waals surface area contributed by atoms with Crippen LogP contribution in [0.2, 0.25) is 0 Å². The molecule has 1 aliphatic carbocycles. The number of hydrogen-bond donors (Lipinski definition) is 1. The van der Waals surface area contributed by atoms with Crippen molar-refractivity contribution in [3.63, 3.8) is 0 Å². The summed E-state index contributed by atoms with van der Waals surface area (Å²) in [7, 11) is 6.75. The van der Waals surface area contributed by atoms with Crippen LogP contribution in [0, 0.1) is 17.8 Å². The van der Waals surface area contributed by atoms with Gasteiger partial charge in [0.2, 0.25) is 11.8 Å². The second-order valence-corrected chi connectivity index (χ2v) is 9.25. The lowest BCUT2D eigenvalue weighted by molar-refractivity contribution is -0.145. The average molecular weight is 440 g/mol. The van der Waals surface area contributed by atoms with Crippen LogP contribution >= 0.6 is 0 Å². The normalized spacial score (nSPS) is 27.1. The number of carbonyl (C=O) groups is 3. The third-order valence-electron chi connectivity index (χ3n) is 7.27. The van der Waals surface area contributed by atoms with Gasteiger partial charge in [-0.3, -0.25) is 9.59 Å². The van der Waals surface area contributed by atoms with Crippen molar-refractivity contribution in [3.05, 3.63) is 0 Å². The van der Waals surface area contributed by atoms with E-state index in [-0.39, 0.29) is 60.8 Å². The van der Waals surface area contributed by atoms with Crippen LogP contribution in [0.1, 0.15) is 46.5 Å². The van der Waals surface area contributed by atoms with Crippen LogP contribution in [0.25, 0.3) is 0 Å². The lowest BCUT2D eigenvalue weighted by Gasteiger charge is -2.39. The Balaban J connectivity index is 2.20. The maximum absolute atomic E-state index is 13.5. The third-order valence-corrected chi connectivity index (χ3v) is 7.27. The fraction of sp³-hybridized carbons (Fsp3) is 0.870. The predicted molar refractivity (Wildman–Crippen MR) is 119 cm³/mol. The Bertz CT molecular complexity index is 630. The van der Waals surface area contributed by atoms with Gasteiger partial charge in [-0.2, -0.15) is 0 Å². The number of hydrogen-bond acceptors (Lipinski definition) is 6. The third kappa shape index (κ3) is 5.65. The van der Waals surface area contributed by atoms with Crippen molar-refractivity contribution in [3.8, 4) is 0 Å². The van der Waals surface area contributed by atoms with Crippen LogP contribution in [-0.2, 0) is 23.9 Å². The van der Waals surface area contributed by atoms with Crippen LogP contribution in [0.5, 0.6) is 0 Å². The first-order valence-corrected chi connectivity index (χ1v) is 11.5. The average Bonchev–Trinajstić information content (AvgIpc) is 3.42. The van der Waals surface area contributed by atoms with Gasteiger partial charge >= 0.3 is 0 Å². The summed E-state index contributed by atoms with van der Waals surface area (Å²) in [5.74, 6) is 0.386. The van der Waals surface area contributed by atoms with Crippen molar-refractivity contribution < 1.29 is 23.9 Å². The second-order valence-electron chi connectivity index (χ2n) is 9.25. The second kappa shape index (κ2) is 11.4. The number of ether oxygens (including phenoxy) is 2. The van der Waals surface area contributed by atoms with E-state index >= 15 is 0 Å². The number of likely N-dealkylation sites (N-methyl/N-ethyl adjacent to an activating group) is 2. The lowest BCUT2D eigenvalue weighted by Crippen LogP contribution is -2.54. The summed E-state index contributed by atoms with van der Waals surface area (Å²) in [6.07, 6.45) is 3.15. The van der Waals surface area contributed by atoms with E-state index in [4.69, 9.17) is 9.47 Å². The molecule has 178 valence electrons. The van der Waals surface area contributed by atoms with E-state index < -0.39 is 6.10 Å². The highest BCUT2D eigenvalue weighted by molar-refractivity contribution is 5.80. The van der Waals surface area contributed by atoms with E-state index in [1.807, 2.05) is 11.8 Å². The fourth-order valence-corrected chi connectivity index (χ4v) is 5.26. The minimum atomic E-state index is -0.406. The molecule has 1 N–H and O–H groups in total. The Morgan fingerprint density at radius 1 is 1.23 bits per heavy atom. The first-order valence-electron chi connectivity index (χ1n) is 11.5. The smallest absolute Gasteiger partial charge is 0.236 e. The first kappa shape index (κ1) is 25.7. The number of nitrogens with one attached hydrogen (secondary N) is 1. The van der Waals surface area contributed by atoms with Gasteiger partial charge in [-0.15, -0.1) is 0 Å². The predicted octanol–water partition coefficient (Wildman–Crippen LogP) is 1.32. The Kier molecular flexibility index (Phi) is 9.45. The van der Waals surface area contributed by atoms with E-state index in [9.17, 15) is 14.4 Å². The largest absolute Gasteiger partial charge is 0.379 e. The monoisotopic (exact) mass is 439 g/mol. The molecule has 31 heavy (non-hydrogen) atoms. The minimum Gasteiger partial charge on any atom is -0.379 e. The van der Waals surface area contributed by atoms with Crippen molar-refractivity contribution in [1.82, 2.24) is 15.1 Å². The number of piperidine rings is 1. The number of carbonyl (C=O) groups excluding carboxylic acids is 3. The molecular formula is C23H41N3O5. The maximum Gasteiger partial charge on any atom is 0.236 e. The Morgan fingerprint density at radius 2 is 1.90 bits per heavy atom. The highest BCUT2D eigenvalue weighted by Gasteiger charge is 2.56. The number of amides is 2. The SMILES string of the molecule is CC[C@H](C)C(C(CC(=O)N1C2CC2C[C@H]1C(OC)C(C)C=O)OC)N(C)C(=O)CNC. The molecule has 0 aromatic carbocycles. The molecule has 6 unspecified atom stereocenters. The van der Waals surface area contributed by atoms with Gasteiger partial charge in [0, 0.05) is 33.2 Å². The summed E-state index contributed by atoms with van der Waals surface area (Å²) in [6.45, 7) is 6.25. The van der Waals surface area contributed by atoms with Gasteiger partial charge in [0.25, 0.3) is 0 Å². The quantitative estimate of drug-likeness (QED) is 0.436. The summed E-state index contributed by atoms with van der Waals surface area (Å²) in [6, 6.07) is -0.0650. The van der Waals surface area contributed by atoms with Crippen LogP contribution in [-0.4, -0.2) is 93.1 Å². The molecule has 0 radical (unpaired) electrons. The molecule has 1 aliphatic heterocycles. The first-order chi connectivity index (χ1) is 14.7. The Labute approximate surface area is 187 Å². The summed E-state index contributed by atoms with van der Waals surface area (Å²) in [5.41, 5.74) is 0. The summed E-state index contributed by atoms with van der Waals surface area (Å²) < 4.78 is 11.5. The zero-order valence-corrected chi connectivity index (χ0v) is 20.2. The number of nitrogens with zero attached hydrogens (tertiary/aromatic N) is 2. The standard InChI is InChI=1S/C23H41N3O5/c1-8-14(2)22(25(5)21(29)12-24-4)19(30-6)11-20(28)26-17-9-16(17)10-18(26)23(31-7)15(3)13-27/h13-19,22-24H,8-12H2,1-7H3/t14-,15?,16?,17?,18-,19?,22?,23?/m0/s1. The highest BCUT2D eigenvalue weighted by Crippen LogP contribution is 2.50. The fourth-order valence-electron chi connectivity index (χ4n) is 5.26. The molecule has 1 saturated heterocycles. The van der Waals surface area contributed by atoms with Crippen LogP contribution in [0.3, 0.4) is 0 Å². The molecule has 0 bridgehead atoms. The van der Waals surface area contributed by atoms with Gasteiger partial charge in [-0.25, -0.2) is 0 Å². The molecule has 0 aromatic rings. The molecule has 2 amide bonds. The molecule has 1 heterocycles. The number of aldehydes is 1. The Morgan fingerprint density at radius 3 is 2.42 bits per heavy atom. The number of rotatable bonds is 13. The van der Waals surface area contributed by atoms with Crippen molar-refractivity contribution in [2.24, 2.45) is 17.8 Å². The van der Waals surface area contributed by atoms with Gasteiger partial charge in [0.15, 0.2) is 0 Å². The summed E-state index contributed by atoms with van der Waals surface area (Å²) in [5, 5.41) is 2.91. The Hall–Kier alpha value is -1.51. The van der Waals surface area contributed by atoms with E-state index in [0.717, 1.165) is 25.5 Å². The highest BCUT2D eigenvalue weighted by atomic mass is 16.5. The van der Waals surface area contributed by atoms with Gasteiger partial charge in [0.1, 0.15) is 6.29 Å². The van der Waals surface area contributed by atoms with Crippen molar-refractivity contribution >= 4 is 18.1 Å². The minimum absolute atomic E-state index is 0.0183. The summed E-state index contributed by atoms with van der Waals surface area (Å²) in [4.78, 5) is 41.2. The van der Waals surface area contributed by atoms with E-state index in [1.54, 1.807) is 33.2 Å². The van der Waals surface area contributed by atoms with Crippen molar-refractivity contribution in [2.45, 2.75) is 76.8 Å². The topological polar surface area (TPSA) is 88.2 Å². The van der Waals surface area contributed by atoms with Crippen LogP contribution in [0.4, 0.5) is 0 Å². The van der Waals surface area contributed by atoms with E-state index in [2.05, 4.69) is 19.2 Å². The van der Waals surface area contributed by atoms with E-state index in [0.29, 0.717) is 5.92 Å². The van der Waals surface area contributed by atoms with Crippen LogP contribution in [0.15, 0.2) is 0 Å². The van der Waals surface area contributed by atoms with Gasteiger partial charge in [0.05, 0.1) is 37.3 Å². The van der Waals surface area contributed by atoms with Crippen molar-refractivity contribution in [1.29, 1.82) is 0 Å². The molecule has 8 atom stereocenters. The molecule has 2 fully saturated rings. The molecule has 1 saturated carbocycles. The molecule has 2 aliphatic rings. The lowest BCUT2D eigenvalue weighted by atomic mass is 9.90.